The molecule has 4 nitrogen and oxygen atoms in total. The van der Waals surface area contributed by atoms with Gasteiger partial charge in [0.25, 0.3) is 0 Å². The number of hydrogen-bond donors (Lipinski definition) is 1. The molecule has 0 atom stereocenters. The Balaban J connectivity index is 2.06. The van der Waals surface area contributed by atoms with Crippen LogP contribution in [0.3, 0.4) is 0 Å². The van der Waals surface area contributed by atoms with Gasteiger partial charge in [-0.2, -0.15) is 0 Å². The summed E-state index contributed by atoms with van der Waals surface area (Å²) in [5, 5.41) is 3.42. The number of nitrogens with zero attached hydrogens (tertiary/aromatic N) is 1. The summed E-state index contributed by atoms with van der Waals surface area (Å²) in [6.45, 7) is 5.28. The number of aryl methyl sites for hydroxylation is 1. The monoisotopic (exact) mass is 236 g/mol. The fourth-order valence-corrected chi connectivity index (χ4v) is 1.80. The quantitative estimate of drug-likeness (QED) is 0.863. The van der Waals surface area contributed by atoms with Gasteiger partial charge in [0.2, 0.25) is 0 Å². The summed E-state index contributed by atoms with van der Waals surface area (Å²) in [4.78, 5) is 2.15. The molecule has 1 heterocycles. The van der Waals surface area contributed by atoms with Gasteiger partial charge in [0.15, 0.2) is 11.5 Å². The van der Waals surface area contributed by atoms with Crippen LogP contribution in [0.15, 0.2) is 12.1 Å². The molecule has 0 fully saturated rings. The summed E-state index contributed by atoms with van der Waals surface area (Å²) in [6.07, 6.45) is 0. The standard InChI is InChI=1S/C13H20N2O2/c1-10-8-12-13(17-7-6-16-12)9-11(10)14-4-5-15(2)3/h8-9,14H,4-7H2,1-3H3. The molecule has 1 aliphatic heterocycles. The molecule has 17 heavy (non-hydrogen) atoms. The number of hydrogen-bond acceptors (Lipinski definition) is 4. The van der Waals surface area contributed by atoms with Crippen LogP contribution in [0.5, 0.6) is 11.5 Å². The molecule has 2 rings (SSSR count). The minimum absolute atomic E-state index is 0.632. The first-order valence-corrected chi connectivity index (χ1v) is 5.95. The Morgan fingerprint density at radius 3 is 2.47 bits per heavy atom. The summed E-state index contributed by atoms with van der Waals surface area (Å²) in [5.41, 5.74) is 2.31. The van der Waals surface area contributed by atoms with Gasteiger partial charge in [0.05, 0.1) is 0 Å². The summed E-state index contributed by atoms with van der Waals surface area (Å²) < 4.78 is 11.1. The predicted octanol–water partition coefficient (Wildman–Crippen LogP) is 1.74. The van der Waals surface area contributed by atoms with Crippen molar-refractivity contribution in [3.05, 3.63) is 17.7 Å². The highest BCUT2D eigenvalue weighted by Gasteiger charge is 2.13. The van der Waals surface area contributed by atoms with Gasteiger partial charge < -0.3 is 19.7 Å². The lowest BCUT2D eigenvalue weighted by atomic mass is 10.1. The van der Waals surface area contributed by atoms with E-state index in [2.05, 4.69) is 31.2 Å². The SMILES string of the molecule is Cc1cc2c(cc1NCCN(C)C)OCCO2. The van der Waals surface area contributed by atoms with Crippen LogP contribution in [-0.4, -0.2) is 45.3 Å². The van der Waals surface area contributed by atoms with E-state index in [1.807, 2.05) is 12.1 Å². The number of nitrogens with one attached hydrogen (secondary N) is 1. The lowest BCUT2D eigenvalue weighted by Gasteiger charge is -2.21. The molecule has 4 heteroatoms. The Hall–Kier alpha value is -1.42. The molecule has 0 saturated heterocycles. The number of ether oxygens (including phenoxy) is 2. The van der Waals surface area contributed by atoms with Gasteiger partial charge in [-0.3, -0.25) is 0 Å². The predicted molar refractivity (Wildman–Crippen MR) is 69.2 cm³/mol. The van der Waals surface area contributed by atoms with Crippen LogP contribution in [0.2, 0.25) is 0 Å². The van der Waals surface area contributed by atoms with E-state index in [0.29, 0.717) is 13.2 Å². The Morgan fingerprint density at radius 1 is 1.18 bits per heavy atom. The zero-order valence-electron chi connectivity index (χ0n) is 10.7. The van der Waals surface area contributed by atoms with Gasteiger partial charge in [-0.25, -0.2) is 0 Å². The van der Waals surface area contributed by atoms with E-state index in [4.69, 9.17) is 9.47 Å². The molecule has 0 radical (unpaired) electrons. The fraction of sp³-hybridized carbons (Fsp3) is 0.538. The molecule has 1 aromatic rings. The number of fused-ring (bicyclic) bond motifs is 1. The van der Waals surface area contributed by atoms with E-state index < -0.39 is 0 Å². The third-order valence-electron chi connectivity index (χ3n) is 2.76. The normalized spacial score (nSPS) is 13.9. The van der Waals surface area contributed by atoms with E-state index in [9.17, 15) is 0 Å². The van der Waals surface area contributed by atoms with Crippen LogP contribution in [0, 0.1) is 6.92 Å². The van der Waals surface area contributed by atoms with Crippen molar-refractivity contribution in [2.24, 2.45) is 0 Å². The zero-order valence-corrected chi connectivity index (χ0v) is 10.7. The Bertz CT molecular complexity index is 391. The van der Waals surface area contributed by atoms with Crippen molar-refractivity contribution in [3.63, 3.8) is 0 Å². The summed E-state index contributed by atoms with van der Waals surface area (Å²) in [5.74, 6) is 1.70. The van der Waals surface area contributed by atoms with Crippen LogP contribution in [-0.2, 0) is 0 Å². The van der Waals surface area contributed by atoms with Crippen molar-refractivity contribution in [2.75, 3.05) is 45.7 Å². The topological polar surface area (TPSA) is 33.7 Å². The third kappa shape index (κ3) is 3.03. The summed E-state index contributed by atoms with van der Waals surface area (Å²) in [7, 11) is 4.14. The summed E-state index contributed by atoms with van der Waals surface area (Å²) >= 11 is 0. The molecular weight excluding hydrogens is 216 g/mol. The maximum atomic E-state index is 5.57. The molecule has 0 saturated carbocycles. The van der Waals surface area contributed by atoms with Crippen LogP contribution in [0.4, 0.5) is 5.69 Å². The second-order valence-electron chi connectivity index (χ2n) is 4.54. The van der Waals surface area contributed by atoms with Crippen LogP contribution in [0.1, 0.15) is 5.56 Å². The molecule has 0 bridgehead atoms. The van der Waals surface area contributed by atoms with Crippen molar-refractivity contribution in [1.82, 2.24) is 4.90 Å². The van der Waals surface area contributed by atoms with Crippen LogP contribution < -0.4 is 14.8 Å². The fourth-order valence-electron chi connectivity index (χ4n) is 1.80. The lowest BCUT2D eigenvalue weighted by molar-refractivity contribution is 0.171. The average Bonchev–Trinajstić information content (AvgIpc) is 2.29. The Kier molecular flexibility index (Phi) is 3.74. The number of rotatable bonds is 4. The van der Waals surface area contributed by atoms with Gasteiger partial charge in [-0.1, -0.05) is 0 Å². The number of anilines is 1. The van der Waals surface area contributed by atoms with Crippen molar-refractivity contribution < 1.29 is 9.47 Å². The third-order valence-corrected chi connectivity index (χ3v) is 2.76. The first-order valence-electron chi connectivity index (χ1n) is 5.95. The van der Waals surface area contributed by atoms with Gasteiger partial charge in [-0.15, -0.1) is 0 Å². The average molecular weight is 236 g/mol. The second-order valence-corrected chi connectivity index (χ2v) is 4.54. The first kappa shape index (κ1) is 12.0. The van der Waals surface area contributed by atoms with E-state index in [1.54, 1.807) is 0 Å². The Labute approximate surface area is 103 Å². The largest absolute Gasteiger partial charge is 0.486 e. The molecule has 1 aromatic carbocycles. The first-order chi connectivity index (χ1) is 8.16. The molecule has 1 aliphatic rings. The van der Waals surface area contributed by atoms with Gasteiger partial charge >= 0.3 is 0 Å². The van der Waals surface area contributed by atoms with Gasteiger partial charge in [-0.05, 0) is 32.6 Å². The van der Waals surface area contributed by atoms with Gasteiger partial charge in [0.1, 0.15) is 13.2 Å². The van der Waals surface area contributed by atoms with Crippen LogP contribution in [0.25, 0.3) is 0 Å². The summed E-state index contributed by atoms with van der Waals surface area (Å²) in [6, 6.07) is 4.06. The van der Waals surface area contributed by atoms with Crippen molar-refractivity contribution in [1.29, 1.82) is 0 Å². The van der Waals surface area contributed by atoms with E-state index in [0.717, 1.165) is 30.3 Å². The molecule has 0 aromatic heterocycles. The minimum atomic E-state index is 0.632. The van der Waals surface area contributed by atoms with E-state index >= 15 is 0 Å². The van der Waals surface area contributed by atoms with Crippen molar-refractivity contribution in [3.8, 4) is 11.5 Å². The molecule has 0 aliphatic carbocycles. The minimum Gasteiger partial charge on any atom is -0.486 e. The molecule has 0 amide bonds. The molecule has 0 spiro atoms. The van der Waals surface area contributed by atoms with Gasteiger partial charge in [0, 0.05) is 24.8 Å². The maximum absolute atomic E-state index is 5.57. The number of benzene rings is 1. The smallest absolute Gasteiger partial charge is 0.163 e. The lowest BCUT2D eigenvalue weighted by Crippen LogP contribution is -2.21. The molecular formula is C13H20N2O2. The second kappa shape index (κ2) is 5.27. The van der Waals surface area contributed by atoms with E-state index in [1.165, 1.54) is 5.56 Å². The Morgan fingerprint density at radius 2 is 1.82 bits per heavy atom. The highest BCUT2D eigenvalue weighted by Crippen LogP contribution is 2.35. The maximum Gasteiger partial charge on any atom is 0.163 e. The molecule has 94 valence electrons. The van der Waals surface area contributed by atoms with Crippen molar-refractivity contribution in [2.45, 2.75) is 6.92 Å². The van der Waals surface area contributed by atoms with E-state index in [-0.39, 0.29) is 0 Å². The van der Waals surface area contributed by atoms with Crippen LogP contribution >= 0.6 is 0 Å². The zero-order chi connectivity index (χ0) is 12.3. The highest BCUT2D eigenvalue weighted by molar-refractivity contribution is 5.60. The highest BCUT2D eigenvalue weighted by atomic mass is 16.6. The molecule has 0 unspecified atom stereocenters. The number of likely N-dealkylation sites (N-methyl/N-ethyl adjacent to an activating group) is 1. The van der Waals surface area contributed by atoms with Crippen molar-refractivity contribution >= 4 is 5.69 Å². The molecule has 1 N–H and O–H groups in total.